The molecule has 0 radical (unpaired) electrons. The molecular weight excluding hydrogens is 266 g/mol. The van der Waals surface area contributed by atoms with Crippen LogP contribution in [0.1, 0.15) is 10.5 Å². The number of anilines is 2. The molecule has 1 aliphatic rings. The zero-order valence-corrected chi connectivity index (χ0v) is 11.6. The van der Waals surface area contributed by atoms with Crippen molar-refractivity contribution in [3.8, 4) is 0 Å². The molecule has 0 aliphatic carbocycles. The highest BCUT2D eigenvalue weighted by Gasteiger charge is 2.18. The molecule has 1 saturated heterocycles. The van der Waals surface area contributed by atoms with Crippen molar-refractivity contribution in [1.82, 2.24) is 4.98 Å². The van der Waals surface area contributed by atoms with Crippen molar-refractivity contribution in [2.24, 2.45) is 0 Å². The van der Waals surface area contributed by atoms with Crippen LogP contribution in [0, 0.1) is 0 Å². The summed E-state index contributed by atoms with van der Waals surface area (Å²) in [4.78, 5) is 19.4. The first kappa shape index (κ1) is 13.4. The lowest BCUT2D eigenvalue weighted by atomic mass is 10.2. The molecule has 0 saturated carbocycles. The third kappa shape index (κ3) is 2.97. The van der Waals surface area contributed by atoms with E-state index in [9.17, 15) is 4.79 Å². The van der Waals surface area contributed by atoms with Crippen LogP contribution in [0.5, 0.6) is 0 Å². The summed E-state index contributed by atoms with van der Waals surface area (Å²) in [6.07, 6.45) is 1.56. The summed E-state index contributed by atoms with van der Waals surface area (Å²) in [6, 6.07) is 13.8. The van der Waals surface area contributed by atoms with E-state index in [1.807, 2.05) is 24.3 Å². The number of carboxylic acids is 1. The highest BCUT2D eigenvalue weighted by Crippen LogP contribution is 2.20. The Balaban J connectivity index is 1.68. The van der Waals surface area contributed by atoms with Gasteiger partial charge in [0.05, 0.1) is 0 Å². The molecule has 2 aromatic rings. The van der Waals surface area contributed by atoms with Gasteiger partial charge in [-0.1, -0.05) is 18.2 Å². The van der Waals surface area contributed by atoms with Gasteiger partial charge in [-0.15, -0.1) is 0 Å². The number of benzene rings is 1. The number of carboxylic acid groups (broad SMARTS) is 1. The normalized spacial score (nSPS) is 15.0. The molecule has 1 N–H and O–H groups in total. The minimum Gasteiger partial charge on any atom is -0.477 e. The number of rotatable bonds is 3. The van der Waals surface area contributed by atoms with Crippen LogP contribution in [0.4, 0.5) is 11.4 Å². The molecule has 2 heterocycles. The lowest BCUT2D eigenvalue weighted by molar-refractivity contribution is 0.0690. The third-order valence-electron chi connectivity index (χ3n) is 3.73. The summed E-state index contributed by atoms with van der Waals surface area (Å²) in [5.41, 5.74) is 2.26. The molecule has 1 aliphatic heterocycles. The fourth-order valence-electron chi connectivity index (χ4n) is 2.59. The summed E-state index contributed by atoms with van der Waals surface area (Å²) >= 11 is 0. The standard InChI is InChI=1S/C16H17N3O2/c20-16(21)15-12-14(6-7-17-15)19-10-8-18(9-11-19)13-4-2-1-3-5-13/h1-7,12H,8-11H2,(H,20,21). The first-order valence-electron chi connectivity index (χ1n) is 6.98. The highest BCUT2D eigenvalue weighted by atomic mass is 16.4. The molecule has 0 spiro atoms. The van der Waals surface area contributed by atoms with E-state index in [0.29, 0.717) is 0 Å². The SMILES string of the molecule is O=C(O)c1cc(N2CCN(c3ccccc3)CC2)ccn1. The van der Waals surface area contributed by atoms with Crippen LogP contribution in [-0.4, -0.2) is 42.2 Å². The van der Waals surface area contributed by atoms with Gasteiger partial charge < -0.3 is 14.9 Å². The second-order valence-electron chi connectivity index (χ2n) is 5.01. The van der Waals surface area contributed by atoms with Gasteiger partial charge in [-0.25, -0.2) is 9.78 Å². The monoisotopic (exact) mass is 283 g/mol. The van der Waals surface area contributed by atoms with Gasteiger partial charge in [0.25, 0.3) is 0 Å². The number of pyridine rings is 1. The zero-order valence-electron chi connectivity index (χ0n) is 11.6. The quantitative estimate of drug-likeness (QED) is 0.935. The van der Waals surface area contributed by atoms with Gasteiger partial charge in [-0.3, -0.25) is 0 Å². The molecule has 0 unspecified atom stereocenters. The van der Waals surface area contributed by atoms with Gasteiger partial charge in [0.1, 0.15) is 5.69 Å². The lowest BCUT2D eigenvalue weighted by Crippen LogP contribution is -2.46. The van der Waals surface area contributed by atoms with E-state index < -0.39 is 5.97 Å². The number of carbonyl (C=O) groups is 1. The van der Waals surface area contributed by atoms with Crippen LogP contribution < -0.4 is 9.80 Å². The second-order valence-corrected chi connectivity index (χ2v) is 5.01. The molecule has 1 fully saturated rings. The number of aromatic nitrogens is 1. The summed E-state index contributed by atoms with van der Waals surface area (Å²) < 4.78 is 0. The van der Waals surface area contributed by atoms with Crippen LogP contribution in [0.25, 0.3) is 0 Å². The number of piperazine rings is 1. The molecule has 0 amide bonds. The predicted octanol–water partition coefficient (Wildman–Crippen LogP) is 2.11. The average Bonchev–Trinajstić information content (AvgIpc) is 2.56. The molecule has 1 aromatic carbocycles. The topological polar surface area (TPSA) is 56.7 Å². The first-order chi connectivity index (χ1) is 10.2. The molecule has 5 nitrogen and oxygen atoms in total. The first-order valence-corrected chi connectivity index (χ1v) is 6.98. The number of para-hydroxylation sites is 1. The average molecular weight is 283 g/mol. The maximum Gasteiger partial charge on any atom is 0.354 e. The minimum absolute atomic E-state index is 0.0954. The summed E-state index contributed by atoms with van der Waals surface area (Å²) in [5, 5.41) is 9.01. The minimum atomic E-state index is -0.986. The molecule has 0 atom stereocenters. The fraction of sp³-hybridized carbons (Fsp3) is 0.250. The summed E-state index contributed by atoms with van der Waals surface area (Å²) in [6.45, 7) is 3.60. The Labute approximate surface area is 123 Å². The Morgan fingerprint density at radius 1 is 0.952 bits per heavy atom. The van der Waals surface area contributed by atoms with E-state index in [1.165, 1.54) is 5.69 Å². The van der Waals surface area contributed by atoms with Crippen molar-refractivity contribution < 1.29 is 9.90 Å². The Hall–Kier alpha value is -2.56. The van der Waals surface area contributed by atoms with Gasteiger partial charge in [0, 0.05) is 43.8 Å². The van der Waals surface area contributed by atoms with Gasteiger partial charge in [-0.05, 0) is 24.3 Å². The van der Waals surface area contributed by atoms with Crippen molar-refractivity contribution in [3.63, 3.8) is 0 Å². The van der Waals surface area contributed by atoms with Gasteiger partial charge >= 0.3 is 5.97 Å². The maximum atomic E-state index is 11.0. The molecular formula is C16H17N3O2. The Morgan fingerprint density at radius 2 is 1.57 bits per heavy atom. The highest BCUT2D eigenvalue weighted by molar-refractivity contribution is 5.86. The predicted molar refractivity (Wildman–Crippen MR) is 82.1 cm³/mol. The second kappa shape index (κ2) is 5.83. The molecule has 21 heavy (non-hydrogen) atoms. The number of nitrogens with zero attached hydrogens (tertiary/aromatic N) is 3. The van der Waals surface area contributed by atoms with E-state index in [1.54, 1.807) is 12.3 Å². The van der Waals surface area contributed by atoms with E-state index in [-0.39, 0.29) is 5.69 Å². The van der Waals surface area contributed by atoms with E-state index in [2.05, 4.69) is 26.9 Å². The maximum absolute atomic E-state index is 11.0. The van der Waals surface area contributed by atoms with Crippen LogP contribution in [-0.2, 0) is 0 Å². The van der Waals surface area contributed by atoms with E-state index in [4.69, 9.17) is 5.11 Å². The smallest absolute Gasteiger partial charge is 0.354 e. The molecule has 0 bridgehead atoms. The molecule has 108 valence electrons. The molecule has 5 heteroatoms. The third-order valence-corrected chi connectivity index (χ3v) is 3.73. The zero-order chi connectivity index (χ0) is 14.7. The largest absolute Gasteiger partial charge is 0.477 e. The van der Waals surface area contributed by atoms with Gasteiger partial charge in [-0.2, -0.15) is 0 Å². The fourth-order valence-corrected chi connectivity index (χ4v) is 2.59. The molecule has 3 rings (SSSR count). The Kier molecular flexibility index (Phi) is 3.73. The van der Waals surface area contributed by atoms with Crippen LogP contribution in [0.15, 0.2) is 48.7 Å². The van der Waals surface area contributed by atoms with E-state index in [0.717, 1.165) is 31.9 Å². The Bertz CT molecular complexity index is 622. The van der Waals surface area contributed by atoms with Crippen LogP contribution in [0.3, 0.4) is 0 Å². The van der Waals surface area contributed by atoms with E-state index >= 15 is 0 Å². The van der Waals surface area contributed by atoms with Crippen molar-refractivity contribution in [2.45, 2.75) is 0 Å². The van der Waals surface area contributed by atoms with Crippen molar-refractivity contribution in [2.75, 3.05) is 36.0 Å². The number of aromatic carboxylic acids is 1. The van der Waals surface area contributed by atoms with Crippen molar-refractivity contribution >= 4 is 17.3 Å². The summed E-state index contributed by atoms with van der Waals surface area (Å²) in [7, 11) is 0. The Morgan fingerprint density at radius 3 is 2.19 bits per heavy atom. The number of hydrogen-bond acceptors (Lipinski definition) is 4. The van der Waals surface area contributed by atoms with Crippen molar-refractivity contribution in [1.29, 1.82) is 0 Å². The number of hydrogen-bond donors (Lipinski definition) is 1. The van der Waals surface area contributed by atoms with Crippen LogP contribution in [0.2, 0.25) is 0 Å². The summed E-state index contributed by atoms with van der Waals surface area (Å²) in [5.74, 6) is -0.986. The van der Waals surface area contributed by atoms with Gasteiger partial charge in [0.2, 0.25) is 0 Å². The van der Waals surface area contributed by atoms with Crippen molar-refractivity contribution in [3.05, 3.63) is 54.4 Å². The van der Waals surface area contributed by atoms with Gasteiger partial charge in [0.15, 0.2) is 0 Å². The lowest BCUT2D eigenvalue weighted by Gasteiger charge is -2.37. The van der Waals surface area contributed by atoms with Crippen LogP contribution >= 0.6 is 0 Å². The molecule has 1 aromatic heterocycles.